The first-order valence-corrected chi connectivity index (χ1v) is 6.14. The summed E-state index contributed by atoms with van der Waals surface area (Å²) in [6.45, 7) is 1.57. The minimum absolute atomic E-state index is 0.0762. The molecule has 1 N–H and O–H groups in total. The molecule has 1 aliphatic heterocycles. The summed E-state index contributed by atoms with van der Waals surface area (Å²) in [5.41, 5.74) is -0.880. The molecule has 2 aliphatic rings. The van der Waals surface area contributed by atoms with Gasteiger partial charge in [-0.3, -0.25) is 10.1 Å². The Bertz CT molecular complexity index is 269. The fraction of sp³-hybridized carbons (Fsp3) is 1.00. The second kappa shape index (κ2) is 5.29. The third-order valence-electron chi connectivity index (χ3n) is 3.66. The molecule has 0 spiro atoms. The molecule has 0 bridgehead atoms. The number of nitrogens with zero attached hydrogens (tertiary/aromatic N) is 1. The predicted octanol–water partition coefficient (Wildman–Crippen LogP) is 0.742. The molecule has 1 atom stereocenters. The van der Waals surface area contributed by atoms with Crippen LogP contribution in [0, 0.1) is 10.1 Å². The van der Waals surface area contributed by atoms with Crippen LogP contribution in [0.3, 0.4) is 0 Å². The highest BCUT2D eigenvalue weighted by Gasteiger charge is 2.38. The van der Waals surface area contributed by atoms with E-state index in [1.807, 2.05) is 0 Å². The molecular formula is C11H19NO5. The largest absolute Gasteiger partial charge is 0.387 e. The molecule has 1 saturated carbocycles. The first kappa shape index (κ1) is 12.7. The van der Waals surface area contributed by atoms with Gasteiger partial charge in [0.1, 0.15) is 0 Å². The van der Waals surface area contributed by atoms with Crippen molar-refractivity contribution in [2.75, 3.05) is 19.8 Å². The van der Waals surface area contributed by atoms with E-state index in [0.29, 0.717) is 38.9 Å². The molecular weight excluding hydrogens is 226 g/mol. The van der Waals surface area contributed by atoms with Gasteiger partial charge in [0.15, 0.2) is 0 Å². The third kappa shape index (κ3) is 3.37. The lowest BCUT2D eigenvalue weighted by molar-refractivity contribution is -0.528. The minimum Gasteiger partial charge on any atom is -0.387 e. The summed E-state index contributed by atoms with van der Waals surface area (Å²) in [5.74, 6) is 0. The Hall–Kier alpha value is -0.720. The van der Waals surface area contributed by atoms with Crippen molar-refractivity contribution >= 4 is 0 Å². The maximum absolute atomic E-state index is 10.6. The van der Waals surface area contributed by atoms with Crippen LogP contribution in [0.2, 0.25) is 0 Å². The molecule has 1 heterocycles. The zero-order chi connectivity index (χ0) is 12.3. The summed E-state index contributed by atoms with van der Waals surface area (Å²) in [6.07, 6.45) is 2.72. The Kier molecular flexibility index (Phi) is 3.96. The van der Waals surface area contributed by atoms with Crippen molar-refractivity contribution in [3.8, 4) is 0 Å². The smallest absolute Gasteiger partial charge is 0.213 e. The Balaban J connectivity index is 1.74. The summed E-state index contributed by atoms with van der Waals surface area (Å²) in [5, 5.41) is 20.9. The van der Waals surface area contributed by atoms with E-state index in [1.165, 1.54) is 0 Å². The molecule has 0 aromatic rings. The van der Waals surface area contributed by atoms with Crippen LogP contribution in [0.15, 0.2) is 0 Å². The molecule has 2 fully saturated rings. The number of hydrogen-bond donors (Lipinski definition) is 1. The zero-order valence-electron chi connectivity index (χ0n) is 9.84. The van der Waals surface area contributed by atoms with Gasteiger partial charge in [-0.1, -0.05) is 0 Å². The highest BCUT2D eigenvalue weighted by molar-refractivity contribution is 4.86. The molecule has 2 rings (SSSR count). The first-order valence-electron chi connectivity index (χ1n) is 6.14. The van der Waals surface area contributed by atoms with Gasteiger partial charge in [0.25, 0.3) is 0 Å². The first-order chi connectivity index (χ1) is 8.09. The second-order valence-electron chi connectivity index (χ2n) is 5.04. The molecule has 0 aromatic heterocycles. The number of aliphatic hydroxyl groups is 1. The van der Waals surface area contributed by atoms with Crippen molar-refractivity contribution in [2.45, 2.75) is 49.9 Å². The van der Waals surface area contributed by atoms with Crippen molar-refractivity contribution in [1.29, 1.82) is 0 Å². The average Bonchev–Trinajstić information content (AvgIpc) is 2.80. The van der Waals surface area contributed by atoms with E-state index in [4.69, 9.17) is 9.47 Å². The molecule has 0 amide bonds. The van der Waals surface area contributed by atoms with E-state index in [0.717, 1.165) is 6.42 Å². The molecule has 0 unspecified atom stereocenters. The van der Waals surface area contributed by atoms with Crippen LogP contribution >= 0.6 is 0 Å². The van der Waals surface area contributed by atoms with E-state index < -0.39 is 11.6 Å². The Labute approximate surface area is 100 Å². The van der Waals surface area contributed by atoms with Crippen molar-refractivity contribution in [1.82, 2.24) is 0 Å². The number of rotatable bonds is 4. The maximum atomic E-state index is 10.6. The van der Waals surface area contributed by atoms with Crippen LogP contribution in [-0.4, -0.2) is 47.6 Å². The van der Waals surface area contributed by atoms with Gasteiger partial charge in [0, 0.05) is 24.4 Å². The molecule has 1 aliphatic carbocycles. The van der Waals surface area contributed by atoms with Crippen LogP contribution < -0.4 is 0 Å². The summed E-state index contributed by atoms with van der Waals surface area (Å²) >= 11 is 0. The van der Waals surface area contributed by atoms with Crippen LogP contribution in [0.1, 0.15) is 32.1 Å². The number of hydrogen-bond acceptors (Lipinski definition) is 5. The number of ether oxygens (including phenoxy) is 2. The van der Waals surface area contributed by atoms with Crippen molar-refractivity contribution in [2.24, 2.45) is 0 Å². The van der Waals surface area contributed by atoms with E-state index in [-0.39, 0.29) is 17.6 Å². The molecule has 1 saturated heterocycles. The minimum atomic E-state index is -0.880. The molecule has 0 radical (unpaired) electrons. The summed E-state index contributed by atoms with van der Waals surface area (Å²) in [6, 6.07) is -0.495. The SMILES string of the molecule is O=[N+]([O-])C1CCC(O)(CO[C@H]2CCOC2)CC1. The monoisotopic (exact) mass is 245 g/mol. The van der Waals surface area contributed by atoms with E-state index in [9.17, 15) is 15.2 Å². The predicted molar refractivity (Wildman–Crippen MR) is 59.4 cm³/mol. The highest BCUT2D eigenvalue weighted by Crippen LogP contribution is 2.30. The Morgan fingerprint density at radius 2 is 2.12 bits per heavy atom. The van der Waals surface area contributed by atoms with Crippen LogP contribution in [-0.2, 0) is 9.47 Å². The molecule has 0 aromatic carbocycles. The van der Waals surface area contributed by atoms with Crippen molar-refractivity contribution < 1.29 is 19.5 Å². The van der Waals surface area contributed by atoms with Gasteiger partial charge >= 0.3 is 0 Å². The lowest BCUT2D eigenvalue weighted by Crippen LogP contribution is -2.42. The van der Waals surface area contributed by atoms with Gasteiger partial charge in [-0.2, -0.15) is 0 Å². The van der Waals surface area contributed by atoms with E-state index >= 15 is 0 Å². The van der Waals surface area contributed by atoms with Gasteiger partial charge in [-0.05, 0) is 19.3 Å². The van der Waals surface area contributed by atoms with Gasteiger partial charge in [0.2, 0.25) is 6.04 Å². The lowest BCUT2D eigenvalue weighted by Gasteiger charge is -2.33. The third-order valence-corrected chi connectivity index (χ3v) is 3.66. The van der Waals surface area contributed by atoms with E-state index in [1.54, 1.807) is 0 Å². The van der Waals surface area contributed by atoms with Gasteiger partial charge in [-0.15, -0.1) is 0 Å². The Morgan fingerprint density at radius 1 is 1.41 bits per heavy atom. The van der Waals surface area contributed by atoms with Crippen molar-refractivity contribution in [3.05, 3.63) is 10.1 Å². The summed E-state index contributed by atoms with van der Waals surface area (Å²) < 4.78 is 10.8. The second-order valence-corrected chi connectivity index (χ2v) is 5.04. The maximum Gasteiger partial charge on any atom is 0.213 e. The topological polar surface area (TPSA) is 81.8 Å². The average molecular weight is 245 g/mol. The molecule has 17 heavy (non-hydrogen) atoms. The molecule has 6 nitrogen and oxygen atoms in total. The number of nitro groups is 1. The van der Waals surface area contributed by atoms with Gasteiger partial charge in [0.05, 0.1) is 24.9 Å². The summed E-state index contributed by atoms with van der Waals surface area (Å²) in [7, 11) is 0. The fourth-order valence-corrected chi connectivity index (χ4v) is 2.41. The standard InChI is InChI=1S/C11H19NO5/c13-11(8-17-10-3-6-16-7-10)4-1-9(2-5-11)12(14)15/h9-10,13H,1-8H2/t9?,10-,11?/m0/s1. The normalized spacial score (nSPS) is 38.2. The Morgan fingerprint density at radius 3 is 2.65 bits per heavy atom. The lowest BCUT2D eigenvalue weighted by atomic mass is 9.83. The van der Waals surface area contributed by atoms with E-state index in [2.05, 4.69) is 0 Å². The molecule has 6 heteroatoms. The fourth-order valence-electron chi connectivity index (χ4n) is 2.41. The van der Waals surface area contributed by atoms with Crippen LogP contribution in [0.5, 0.6) is 0 Å². The van der Waals surface area contributed by atoms with Gasteiger partial charge < -0.3 is 14.6 Å². The highest BCUT2D eigenvalue weighted by atomic mass is 16.6. The van der Waals surface area contributed by atoms with Crippen LogP contribution in [0.25, 0.3) is 0 Å². The summed E-state index contributed by atoms with van der Waals surface area (Å²) in [4.78, 5) is 10.4. The quantitative estimate of drug-likeness (QED) is 0.583. The molecule has 98 valence electrons. The van der Waals surface area contributed by atoms with Crippen molar-refractivity contribution in [3.63, 3.8) is 0 Å². The van der Waals surface area contributed by atoms with Crippen LogP contribution in [0.4, 0.5) is 0 Å². The zero-order valence-corrected chi connectivity index (χ0v) is 9.84. The van der Waals surface area contributed by atoms with Gasteiger partial charge in [-0.25, -0.2) is 0 Å².